The van der Waals surface area contributed by atoms with Crippen molar-refractivity contribution in [1.29, 1.82) is 0 Å². The zero-order chi connectivity index (χ0) is 21.0. The Labute approximate surface area is 173 Å². The van der Waals surface area contributed by atoms with Crippen molar-refractivity contribution in [2.45, 2.75) is 22.5 Å². The summed E-state index contributed by atoms with van der Waals surface area (Å²) in [6.45, 7) is 7.84. The van der Waals surface area contributed by atoms with Crippen LogP contribution in [0.2, 0.25) is 0 Å². The summed E-state index contributed by atoms with van der Waals surface area (Å²) < 4.78 is 0. The van der Waals surface area contributed by atoms with E-state index in [4.69, 9.17) is 16.6 Å². The van der Waals surface area contributed by atoms with Gasteiger partial charge in [-0.3, -0.25) is 4.79 Å². The number of aromatic amines is 1. The number of nitrogens with zero attached hydrogens (tertiary/aromatic N) is 1. The fraction of sp³-hybridized carbons (Fsp3) is 0.0909. The van der Waals surface area contributed by atoms with Gasteiger partial charge in [-0.05, 0) is 53.5 Å². The number of hydrogen-bond donors (Lipinski definition) is 4. The van der Waals surface area contributed by atoms with Crippen LogP contribution in [0.25, 0.3) is 16.6 Å². The summed E-state index contributed by atoms with van der Waals surface area (Å²) in [5.41, 5.74) is 16.3. The highest BCUT2D eigenvalue weighted by atomic mass is 32.2. The molecule has 6 N–H and O–H groups in total. The molecule has 0 fully saturated rings. The summed E-state index contributed by atoms with van der Waals surface area (Å²) in [6, 6.07) is 12.5. The third-order valence-corrected chi connectivity index (χ3v) is 5.17. The quantitative estimate of drug-likeness (QED) is 0.328. The molecule has 2 aromatic carbocycles. The lowest BCUT2D eigenvalue weighted by atomic mass is 10.0. The largest absolute Gasteiger partial charge is 0.480 e. The van der Waals surface area contributed by atoms with Gasteiger partial charge in [-0.25, -0.2) is 4.98 Å². The van der Waals surface area contributed by atoms with Gasteiger partial charge in [-0.1, -0.05) is 49.2 Å². The van der Waals surface area contributed by atoms with Gasteiger partial charge in [0.25, 0.3) is 0 Å². The van der Waals surface area contributed by atoms with Gasteiger partial charge >= 0.3 is 5.97 Å². The molecule has 29 heavy (non-hydrogen) atoms. The molecule has 0 bridgehead atoms. The average molecular weight is 407 g/mol. The molecule has 0 aliphatic heterocycles. The van der Waals surface area contributed by atoms with E-state index < -0.39 is 12.0 Å². The lowest BCUT2D eigenvalue weighted by Crippen LogP contribution is -2.30. The van der Waals surface area contributed by atoms with Crippen LogP contribution in [0.5, 0.6) is 0 Å². The fourth-order valence-corrected chi connectivity index (χ4v) is 3.63. The predicted molar refractivity (Wildman–Crippen MR) is 119 cm³/mol. The monoisotopic (exact) mass is 406 g/mol. The van der Waals surface area contributed by atoms with Gasteiger partial charge in [0.1, 0.15) is 6.04 Å². The summed E-state index contributed by atoms with van der Waals surface area (Å²) in [4.78, 5) is 19.8. The Kier molecular flexibility index (Phi) is 6.21. The summed E-state index contributed by atoms with van der Waals surface area (Å²) in [6.07, 6.45) is 3.60. The molecule has 0 spiro atoms. The summed E-state index contributed by atoms with van der Waals surface area (Å²) in [7, 11) is 0. The van der Waals surface area contributed by atoms with Gasteiger partial charge in [0.15, 0.2) is 5.16 Å². The van der Waals surface area contributed by atoms with Gasteiger partial charge in [0.05, 0.1) is 11.0 Å². The van der Waals surface area contributed by atoms with Crippen molar-refractivity contribution in [1.82, 2.24) is 9.97 Å². The van der Waals surface area contributed by atoms with Crippen molar-refractivity contribution < 1.29 is 9.90 Å². The number of anilines is 1. The van der Waals surface area contributed by atoms with Gasteiger partial charge in [-0.15, -0.1) is 0 Å². The highest BCUT2D eigenvalue weighted by Crippen LogP contribution is 2.30. The van der Waals surface area contributed by atoms with Crippen molar-refractivity contribution in [3.8, 4) is 0 Å². The van der Waals surface area contributed by atoms with Crippen molar-refractivity contribution in [3.63, 3.8) is 0 Å². The fourth-order valence-electron chi connectivity index (χ4n) is 2.77. The van der Waals surface area contributed by atoms with Gasteiger partial charge in [0.2, 0.25) is 0 Å². The second-order valence-electron chi connectivity index (χ2n) is 6.55. The number of aliphatic carboxylic acids is 1. The van der Waals surface area contributed by atoms with Crippen LogP contribution >= 0.6 is 11.8 Å². The van der Waals surface area contributed by atoms with E-state index in [1.165, 1.54) is 11.8 Å². The second kappa shape index (κ2) is 8.81. The Morgan fingerprint density at radius 2 is 2.10 bits per heavy atom. The minimum atomic E-state index is -1.05. The summed E-state index contributed by atoms with van der Waals surface area (Å²) >= 11 is 1.50. The standard InChI is InChI=1S/C22H22N4O2S/c1-3-14(10-18(24)21(27)28)9-13(2)15-5-4-6-17(11-15)29-22-25-19-8-7-16(23)12-20(19)26-22/h3-9,11-12,18H,1-2,10,23-24H2,(H,25,26)(H,27,28)/b14-9+. The number of nitrogen functional groups attached to an aromatic ring is 1. The molecule has 3 aromatic rings. The minimum absolute atomic E-state index is 0.189. The molecular weight excluding hydrogens is 384 g/mol. The maximum Gasteiger partial charge on any atom is 0.320 e. The molecule has 6 nitrogen and oxygen atoms in total. The van der Waals surface area contributed by atoms with Crippen LogP contribution in [0.4, 0.5) is 5.69 Å². The smallest absolute Gasteiger partial charge is 0.320 e. The van der Waals surface area contributed by atoms with Crippen molar-refractivity contribution in [3.05, 3.63) is 78.9 Å². The number of nitrogens with one attached hydrogen (secondary N) is 1. The maximum absolute atomic E-state index is 11.0. The number of allylic oxidation sites excluding steroid dienone is 3. The van der Waals surface area contributed by atoms with E-state index in [0.29, 0.717) is 5.69 Å². The van der Waals surface area contributed by atoms with Gasteiger partial charge in [-0.2, -0.15) is 0 Å². The van der Waals surface area contributed by atoms with E-state index in [1.54, 1.807) is 6.08 Å². The molecule has 0 saturated carbocycles. The molecule has 1 unspecified atom stereocenters. The molecule has 7 heteroatoms. The Morgan fingerprint density at radius 3 is 2.83 bits per heavy atom. The molecule has 148 valence electrons. The van der Waals surface area contributed by atoms with Crippen LogP contribution in [0.15, 0.2) is 83.4 Å². The molecule has 3 rings (SSSR count). The summed E-state index contributed by atoms with van der Waals surface area (Å²) in [5, 5.41) is 9.76. The number of fused-ring (bicyclic) bond motifs is 1. The highest BCUT2D eigenvalue weighted by Gasteiger charge is 2.13. The number of hydrogen-bond acceptors (Lipinski definition) is 5. The Hall–Kier alpha value is -3.29. The molecule has 1 atom stereocenters. The SMILES string of the molecule is C=C/C(=C\C(=C)c1cccc(Sc2nc3ccc(N)cc3[nH]2)c1)CC(N)C(=O)O. The Bertz CT molecular complexity index is 1120. The number of imidazole rings is 1. The second-order valence-corrected chi connectivity index (χ2v) is 7.61. The van der Waals surface area contributed by atoms with Crippen molar-refractivity contribution in [2.24, 2.45) is 5.73 Å². The first kappa shape index (κ1) is 20.4. The lowest BCUT2D eigenvalue weighted by Gasteiger charge is -2.09. The lowest BCUT2D eigenvalue weighted by molar-refractivity contribution is -0.138. The van der Waals surface area contributed by atoms with E-state index in [0.717, 1.165) is 37.8 Å². The normalized spacial score (nSPS) is 12.7. The van der Waals surface area contributed by atoms with Crippen LogP contribution < -0.4 is 11.5 Å². The molecule has 0 aliphatic carbocycles. The number of nitrogens with two attached hydrogens (primary N) is 2. The molecule has 0 radical (unpaired) electrons. The maximum atomic E-state index is 11.0. The third-order valence-electron chi connectivity index (χ3n) is 4.30. The number of carboxylic acid groups (broad SMARTS) is 1. The van der Waals surface area contributed by atoms with Crippen LogP contribution in [0.1, 0.15) is 12.0 Å². The molecule has 0 saturated heterocycles. The first-order valence-electron chi connectivity index (χ1n) is 8.89. The number of H-pyrrole nitrogens is 1. The number of benzene rings is 2. The van der Waals surface area contributed by atoms with E-state index in [9.17, 15) is 4.79 Å². The zero-order valence-corrected chi connectivity index (χ0v) is 16.6. The van der Waals surface area contributed by atoms with Gasteiger partial charge < -0.3 is 21.6 Å². The van der Waals surface area contributed by atoms with Crippen molar-refractivity contribution in [2.75, 3.05) is 5.73 Å². The average Bonchev–Trinajstić information content (AvgIpc) is 3.08. The Balaban J connectivity index is 1.78. The first-order valence-corrected chi connectivity index (χ1v) is 9.71. The molecule has 1 aromatic heterocycles. The third kappa shape index (κ3) is 5.16. The minimum Gasteiger partial charge on any atom is -0.480 e. The first-order chi connectivity index (χ1) is 13.9. The molecular formula is C22H22N4O2S. The zero-order valence-electron chi connectivity index (χ0n) is 15.8. The summed E-state index contributed by atoms with van der Waals surface area (Å²) in [5.74, 6) is -1.05. The topological polar surface area (TPSA) is 118 Å². The molecule has 1 heterocycles. The van der Waals surface area contributed by atoms with Crippen LogP contribution in [0, 0.1) is 0 Å². The van der Waals surface area contributed by atoms with E-state index in [1.807, 2.05) is 48.5 Å². The van der Waals surface area contributed by atoms with Gasteiger partial charge in [0, 0.05) is 10.6 Å². The van der Waals surface area contributed by atoms with Crippen LogP contribution in [-0.4, -0.2) is 27.1 Å². The number of aromatic nitrogens is 2. The number of rotatable bonds is 8. The van der Waals surface area contributed by atoms with E-state index in [2.05, 4.69) is 23.1 Å². The molecule has 0 amide bonds. The van der Waals surface area contributed by atoms with Crippen LogP contribution in [0.3, 0.4) is 0 Å². The predicted octanol–water partition coefficient (Wildman–Crippen LogP) is 4.22. The Morgan fingerprint density at radius 1 is 1.31 bits per heavy atom. The van der Waals surface area contributed by atoms with Crippen LogP contribution in [-0.2, 0) is 4.79 Å². The highest BCUT2D eigenvalue weighted by molar-refractivity contribution is 7.99. The van der Waals surface area contributed by atoms with E-state index >= 15 is 0 Å². The van der Waals surface area contributed by atoms with E-state index in [-0.39, 0.29) is 6.42 Å². The van der Waals surface area contributed by atoms with Crippen molar-refractivity contribution >= 4 is 40.0 Å². The number of carbonyl (C=O) groups is 1. The molecule has 0 aliphatic rings. The number of carboxylic acids is 1.